The molecule has 2 atom stereocenters. The summed E-state index contributed by atoms with van der Waals surface area (Å²) in [6.07, 6.45) is -0.990. The van der Waals surface area contributed by atoms with Crippen LogP contribution >= 0.6 is 0 Å². The first-order valence-electron chi connectivity index (χ1n) is 7.31. The topological polar surface area (TPSA) is 88.1 Å². The molecule has 6 nitrogen and oxygen atoms in total. The van der Waals surface area contributed by atoms with Gasteiger partial charge in [-0.25, -0.2) is 4.68 Å². The average Bonchev–Trinajstić information content (AvgIpc) is 2.51. The molecule has 2 aromatic rings. The second-order valence-corrected chi connectivity index (χ2v) is 6.22. The Labute approximate surface area is 133 Å². The van der Waals surface area contributed by atoms with E-state index < -0.39 is 17.7 Å². The van der Waals surface area contributed by atoms with Crippen LogP contribution in [0.1, 0.15) is 36.7 Å². The van der Waals surface area contributed by atoms with Crippen molar-refractivity contribution in [3.05, 3.63) is 57.5 Å². The molecule has 3 rings (SSSR count). The van der Waals surface area contributed by atoms with E-state index in [4.69, 9.17) is 10.00 Å². The van der Waals surface area contributed by atoms with Gasteiger partial charge in [-0.15, -0.1) is 0 Å². The summed E-state index contributed by atoms with van der Waals surface area (Å²) in [5.41, 5.74) is 0.474. The van der Waals surface area contributed by atoms with Gasteiger partial charge < -0.3 is 9.84 Å². The molecule has 1 aromatic carbocycles. The van der Waals surface area contributed by atoms with Crippen LogP contribution in [0.4, 0.5) is 0 Å². The number of aliphatic hydroxyl groups is 1. The molecule has 118 valence electrons. The van der Waals surface area contributed by atoms with Crippen molar-refractivity contribution in [1.29, 1.82) is 5.26 Å². The number of ether oxygens (including phenoxy) is 1. The summed E-state index contributed by atoms with van der Waals surface area (Å²) in [6, 6.07) is 9.37. The fraction of sp³-hybridized carbons (Fsp3) is 0.353. The number of rotatable bonds is 1. The van der Waals surface area contributed by atoms with Gasteiger partial charge in [0.05, 0.1) is 17.3 Å². The molecule has 1 N–H and O–H groups in total. The lowest BCUT2D eigenvalue weighted by atomic mass is 9.86. The van der Waals surface area contributed by atoms with E-state index in [9.17, 15) is 9.90 Å². The minimum Gasteiger partial charge on any atom is -0.485 e. The number of aliphatic hydroxyl groups excluding tert-OH is 1. The highest BCUT2D eigenvalue weighted by atomic mass is 16.5. The van der Waals surface area contributed by atoms with Crippen LogP contribution in [0.25, 0.3) is 0 Å². The number of benzene rings is 1. The fourth-order valence-corrected chi connectivity index (χ4v) is 2.82. The van der Waals surface area contributed by atoms with Gasteiger partial charge in [-0.05, 0) is 45.0 Å². The molecule has 1 aliphatic heterocycles. The van der Waals surface area contributed by atoms with Crippen LogP contribution in [0.5, 0.6) is 5.75 Å². The summed E-state index contributed by atoms with van der Waals surface area (Å²) in [5.74, 6) is 0.541. The van der Waals surface area contributed by atoms with Crippen molar-refractivity contribution < 1.29 is 9.84 Å². The number of fused-ring (bicyclic) bond motifs is 1. The van der Waals surface area contributed by atoms with Crippen LogP contribution in [0.15, 0.2) is 35.1 Å². The number of aryl methyl sites for hydroxylation is 1. The van der Waals surface area contributed by atoms with E-state index in [1.54, 1.807) is 45.0 Å². The molecule has 1 aliphatic rings. The first kappa shape index (κ1) is 15.3. The first-order chi connectivity index (χ1) is 10.8. The van der Waals surface area contributed by atoms with E-state index in [2.05, 4.69) is 11.2 Å². The highest BCUT2D eigenvalue weighted by Gasteiger charge is 2.44. The summed E-state index contributed by atoms with van der Waals surface area (Å²) >= 11 is 0. The Morgan fingerprint density at radius 1 is 1.35 bits per heavy atom. The van der Waals surface area contributed by atoms with Gasteiger partial charge in [0.15, 0.2) is 0 Å². The summed E-state index contributed by atoms with van der Waals surface area (Å²) in [7, 11) is 0. The summed E-state index contributed by atoms with van der Waals surface area (Å²) in [6.45, 7) is 5.29. The van der Waals surface area contributed by atoms with Gasteiger partial charge in [-0.1, -0.05) is 0 Å². The Hall–Kier alpha value is -2.65. The number of aromatic nitrogens is 2. The van der Waals surface area contributed by atoms with E-state index >= 15 is 0 Å². The van der Waals surface area contributed by atoms with Crippen molar-refractivity contribution in [1.82, 2.24) is 9.78 Å². The molecule has 0 saturated heterocycles. The molecule has 6 heteroatoms. The zero-order valence-corrected chi connectivity index (χ0v) is 13.1. The number of nitrogens with zero attached hydrogens (tertiary/aromatic N) is 3. The maximum atomic E-state index is 12.3. The van der Waals surface area contributed by atoms with Gasteiger partial charge in [-0.3, -0.25) is 4.79 Å². The van der Waals surface area contributed by atoms with Gasteiger partial charge >= 0.3 is 0 Å². The molecule has 0 aliphatic carbocycles. The Kier molecular flexibility index (Phi) is 3.46. The van der Waals surface area contributed by atoms with Crippen LogP contribution in [-0.2, 0) is 0 Å². The Morgan fingerprint density at radius 3 is 2.78 bits per heavy atom. The Morgan fingerprint density at radius 2 is 2.09 bits per heavy atom. The zero-order chi connectivity index (χ0) is 16.8. The van der Waals surface area contributed by atoms with E-state index in [0.29, 0.717) is 22.6 Å². The molecule has 0 radical (unpaired) electrons. The first-order valence-corrected chi connectivity index (χ1v) is 7.31. The Bertz CT molecular complexity index is 864. The summed E-state index contributed by atoms with van der Waals surface area (Å²) < 4.78 is 7.12. The molecule has 0 saturated carbocycles. The van der Waals surface area contributed by atoms with Gasteiger partial charge in [0, 0.05) is 11.6 Å². The molecule has 0 amide bonds. The normalized spacial score (nSPS) is 21.9. The molecular formula is C17H17N3O3. The third-order valence-corrected chi connectivity index (χ3v) is 4.06. The largest absolute Gasteiger partial charge is 0.485 e. The zero-order valence-electron chi connectivity index (χ0n) is 13.1. The average molecular weight is 311 g/mol. The highest BCUT2D eigenvalue weighted by molar-refractivity contribution is 5.46. The standard InChI is InChI=1S/C17H17N3O3/c1-10-4-7-14(21)20(19-10)15-12-8-11(9-18)5-6-13(12)23-17(2,3)16(15)22/h4-8,15-16,22H,1-3H3. The van der Waals surface area contributed by atoms with E-state index in [1.165, 1.54) is 10.7 Å². The van der Waals surface area contributed by atoms with Gasteiger partial charge in [0.2, 0.25) is 0 Å². The third kappa shape index (κ3) is 2.49. The van der Waals surface area contributed by atoms with Crippen molar-refractivity contribution in [2.45, 2.75) is 38.5 Å². The van der Waals surface area contributed by atoms with Crippen molar-refractivity contribution in [3.63, 3.8) is 0 Å². The quantitative estimate of drug-likeness (QED) is 0.863. The second-order valence-electron chi connectivity index (χ2n) is 6.22. The molecule has 23 heavy (non-hydrogen) atoms. The second kappa shape index (κ2) is 5.21. The highest BCUT2D eigenvalue weighted by Crippen LogP contribution is 2.41. The summed E-state index contributed by atoms with van der Waals surface area (Å²) in [5, 5.41) is 24.2. The van der Waals surface area contributed by atoms with E-state index in [-0.39, 0.29) is 5.56 Å². The predicted molar refractivity (Wildman–Crippen MR) is 83.2 cm³/mol. The lowest BCUT2D eigenvalue weighted by Gasteiger charge is -2.42. The van der Waals surface area contributed by atoms with Gasteiger partial charge in [0.25, 0.3) is 5.56 Å². The van der Waals surface area contributed by atoms with Crippen molar-refractivity contribution in [2.24, 2.45) is 0 Å². The molecule has 2 unspecified atom stereocenters. The van der Waals surface area contributed by atoms with Crippen molar-refractivity contribution in [2.75, 3.05) is 0 Å². The van der Waals surface area contributed by atoms with Gasteiger partial charge in [-0.2, -0.15) is 10.4 Å². The van der Waals surface area contributed by atoms with E-state index in [0.717, 1.165) is 0 Å². The van der Waals surface area contributed by atoms with E-state index in [1.807, 2.05) is 0 Å². The molecule has 0 spiro atoms. The van der Waals surface area contributed by atoms with Crippen LogP contribution in [-0.4, -0.2) is 26.6 Å². The molecular weight excluding hydrogens is 294 g/mol. The van der Waals surface area contributed by atoms with Crippen molar-refractivity contribution >= 4 is 0 Å². The van der Waals surface area contributed by atoms with Crippen molar-refractivity contribution in [3.8, 4) is 11.8 Å². The molecule has 2 heterocycles. The maximum Gasteiger partial charge on any atom is 0.267 e. The number of hydrogen-bond donors (Lipinski definition) is 1. The van der Waals surface area contributed by atoms with Crippen LogP contribution < -0.4 is 10.3 Å². The smallest absolute Gasteiger partial charge is 0.267 e. The van der Waals surface area contributed by atoms with Gasteiger partial charge in [0.1, 0.15) is 23.5 Å². The third-order valence-electron chi connectivity index (χ3n) is 4.06. The SMILES string of the molecule is Cc1ccc(=O)n(C2c3cc(C#N)ccc3OC(C)(C)C2O)n1. The lowest BCUT2D eigenvalue weighted by molar-refractivity contribution is -0.0667. The monoisotopic (exact) mass is 311 g/mol. The van der Waals surface area contributed by atoms with Crippen LogP contribution in [0.3, 0.4) is 0 Å². The fourth-order valence-electron chi connectivity index (χ4n) is 2.82. The molecule has 1 aromatic heterocycles. The minimum absolute atomic E-state index is 0.314. The number of nitriles is 1. The number of hydrogen-bond acceptors (Lipinski definition) is 5. The Balaban J connectivity index is 2.28. The van der Waals surface area contributed by atoms with Crippen LogP contribution in [0.2, 0.25) is 0 Å². The molecule has 0 fully saturated rings. The minimum atomic E-state index is -0.990. The van der Waals surface area contributed by atoms with Crippen LogP contribution in [0, 0.1) is 18.3 Å². The summed E-state index contributed by atoms with van der Waals surface area (Å²) in [4.78, 5) is 12.3. The maximum absolute atomic E-state index is 12.3. The lowest BCUT2D eigenvalue weighted by Crippen LogP contribution is -2.52. The molecule has 0 bridgehead atoms. The predicted octanol–water partition coefficient (Wildman–Crippen LogP) is 1.54.